The maximum absolute atomic E-state index is 13.5. The zero-order valence-corrected chi connectivity index (χ0v) is 19.6. The zero-order valence-electron chi connectivity index (χ0n) is 19.6. The van der Waals surface area contributed by atoms with Crippen LogP contribution in [0.5, 0.6) is 0 Å². The van der Waals surface area contributed by atoms with Gasteiger partial charge in [0.15, 0.2) is 5.82 Å². The van der Waals surface area contributed by atoms with Crippen molar-refractivity contribution in [1.29, 1.82) is 0 Å². The molecule has 0 saturated carbocycles. The number of carbonyl (C=O) groups is 1. The second-order valence-corrected chi connectivity index (χ2v) is 9.03. The van der Waals surface area contributed by atoms with E-state index in [0.717, 1.165) is 42.8 Å². The lowest BCUT2D eigenvalue weighted by molar-refractivity contribution is 0.0732. The Hall–Kier alpha value is -3.52. The van der Waals surface area contributed by atoms with Crippen LogP contribution in [0, 0.1) is 0 Å². The van der Waals surface area contributed by atoms with Crippen molar-refractivity contribution in [3.05, 3.63) is 71.9 Å². The molecule has 3 aromatic rings. The highest BCUT2D eigenvalue weighted by Gasteiger charge is 2.38. The number of likely N-dealkylation sites (N-methyl/N-ethyl adjacent to an activating group) is 1. The molecule has 3 heterocycles. The maximum atomic E-state index is 13.5. The van der Waals surface area contributed by atoms with Gasteiger partial charge in [-0.15, -0.1) is 0 Å². The Labute approximate surface area is 199 Å². The third-order valence-corrected chi connectivity index (χ3v) is 6.61. The van der Waals surface area contributed by atoms with Crippen molar-refractivity contribution in [2.45, 2.75) is 31.2 Å². The molecule has 0 radical (unpaired) electrons. The number of likely N-dealkylation sites (tertiary alicyclic amines) is 2. The van der Waals surface area contributed by atoms with Crippen LogP contribution in [0.2, 0.25) is 0 Å². The molecule has 0 bridgehead atoms. The van der Waals surface area contributed by atoms with Crippen molar-refractivity contribution in [3.63, 3.8) is 0 Å². The largest absolute Gasteiger partial charge is 0.399 e. The molecule has 8 heteroatoms. The summed E-state index contributed by atoms with van der Waals surface area (Å²) < 4.78 is 5.66. The van der Waals surface area contributed by atoms with Crippen molar-refractivity contribution in [3.8, 4) is 11.1 Å². The fourth-order valence-corrected chi connectivity index (χ4v) is 4.86. The topological polar surface area (TPSA) is 84.1 Å². The highest BCUT2D eigenvalue weighted by atomic mass is 16.6. The molecule has 2 atom stereocenters. The van der Waals surface area contributed by atoms with Gasteiger partial charge in [-0.1, -0.05) is 52.8 Å². The molecule has 1 amide bonds. The average molecular weight is 460 g/mol. The van der Waals surface area contributed by atoms with Gasteiger partial charge in [0.2, 0.25) is 5.89 Å². The van der Waals surface area contributed by atoms with Crippen molar-refractivity contribution in [2.75, 3.05) is 33.8 Å². The summed E-state index contributed by atoms with van der Waals surface area (Å²) in [5.74, 6) is 1.31. The predicted molar refractivity (Wildman–Crippen MR) is 128 cm³/mol. The summed E-state index contributed by atoms with van der Waals surface area (Å²) >= 11 is 0. The van der Waals surface area contributed by atoms with Gasteiger partial charge in [-0.25, -0.2) is 0 Å². The standard InChI is InChI=1S/C26H29N5O3/c1-30-14-6-9-21(16-30)25-27-24(29-34-25)23-15-22(28-33-2)17-31(23)26(32)20-12-10-19(11-13-20)18-7-4-3-5-8-18/h3-5,7-8,10-13,21,23H,6,9,14-17H2,1-2H3/b28-22-/t21?,23-/m0/s1. The van der Waals surface area contributed by atoms with E-state index in [1.54, 1.807) is 4.90 Å². The van der Waals surface area contributed by atoms with E-state index in [0.29, 0.717) is 30.2 Å². The Balaban J connectivity index is 1.38. The van der Waals surface area contributed by atoms with E-state index in [2.05, 4.69) is 34.4 Å². The molecular weight excluding hydrogens is 430 g/mol. The minimum absolute atomic E-state index is 0.0883. The van der Waals surface area contributed by atoms with Gasteiger partial charge in [0, 0.05) is 18.5 Å². The number of benzene rings is 2. The summed E-state index contributed by atoms with van der Waals surface area (Å²) in [5, 5.41) is 8.39. The third-order valence-electron chi connectivity index (χ3n) is 6.61. The van der Waals surface area contributed by atoms with Crippen LogP contribution >= 0.6 is 0 Å². The van der Waals surface area contributed by atoms with Gasteiger partial charge in [0.05, 0.1) is 18.2 Å². The van der Waals surface area contributed by atoms with Crippen LogP contribution in [-0.4, -0.2) is 65.4 Å². The first-order valence-corrected chi connectivity index (χ1v) is 11.7. The molecular formula is C26H29N5O3. The van der Waals surface area contributed by atoms with Crippen LogP contribution < -0.4 is 0 Å². The van der Waals surface area contributed by atoms with Gasteiger partial charge in [0.1, 0.15) is 13.2 Å². The molecule has 176 valence electrons. The Morgan fingerprint density at radius 1 is 1.12 bits per heavy atom. The number of hydrogen-bond donors (Lipinski definition) is 0. The first-order valence-electron chi connectivity index (χ1n) is 11.7. The molecule has 2 aromatic carbocycles. The molecule has 0 aliphatic carbocycles. The number of carbonyl (C=O) groups excluding carboxylic acids is 1. The van der Waals surface area contributed by atoms with E-state index in [-0.39, 0.29) is 17.9 Å². The van der Waals surface area contributed by atoms with E-state index >= 15 is 0 Å². The first-order chi connectivity index (χ1) is 16.6. The molecule has 1 aromatic heterocycles. The zero-order chi connectivity index (χ0) is 23.5. The second kappa shape index (κ2) is 9.77. The molecule has 8 nitrogen and oxygen atoms in total. The van der Waals surface area contributed by atoms with E-state index in [4.69, 9.17) is 14.3 Å². The van der Waals surface area contributed by atoms with Gasteiger partial charge in [-0.05, 0) is 49.7 Å². The van der Waals surface area contributed by atoms with Crippen LogP contribution in [0.25, 0.3) is 11.1 Å². The highest BCUT2D eigenvalue weighted by Crippen LogP contribution is 2.33. The highest BCUT2D eigenvalue weighted by molar-refractivity contribution is 6.00. The van der Waals surface area contributed by atoms with Crippen molar-refractivity contribution < 1.29 is 14.2 Å². The smallest absolute Gasteiger partial charge is 0.254 e. The summed E-state index contributed by atoms with van der Waals surface area (Å²) in [6.45, 7) is 2.36. The number of amides is 1. The van der Waals surface area contributed by atoms with E-state index in [1.165, 1.54) is 7.11 Å². The van der Waals surface area contributed by atoms with Gasteiger partial charge in [0.25, 0.3) is 5.91 Å². The Morgan fingerprint density at radius 3 is 2.62 bits per heavy atom. The van der Waals surface area contributed by atoms with E-state index < -0.39 is 0 Å². The van der Waals surface area contributed by atoms with Gasteiger partial charge >= 0.3 is 0 Å². The quantitative estimate of drug-likeness (QED) is 0.534. The summed E-state index contributed by atoms with van der Waals surface area (Å²) in [6, 6.07) is 17.5. The van der Waals surface area contributed by atoms with Crippen LogP contribution in [0.4, 0.5) is 0 Å². The second-order valence-electron chi connectivity index (χ2n) is 9.03. The van der Waals surface area contributed by atoms with Crippen LogP contribution in [0.15, 0.2) is 64.3 Å². The lowest BCUT2D eigenvalue weighted by atomic mass is 9.98. The molecule has 1 unspecified atom stereocenters. The first kappa shape index (κ1) is 22.3. The third kappa shape index (κ3) is 4.59. The van der Waals surface area contributed by atoms with E-state index in [9.17, 15) is 4.79 Å². The Morgan fingerprint density at radius 2 is 1.88 bits per heavy atom. The van der Waals surface area contributed by atoms with Crippen molar-refractivity contribution in [1.82, 2.24) is 19.9 Å². The number of nitrogens with zero attached hydrogens (tertiary/aromatic N) is 5. The lowest BCUT2D eigenvalue weighted by Gasteiger charge is -2.27. The number of rotatable bonds is 5. The number of piperidine rings is 1. The van der Waals surface area contributed by atoms with Crippen LogP contribution in [0.3, 0.4) is 0 Å². The Bertz CT molecular complexity index is 1160. The van der Waals surface area contributed by atoms with Crippen molar-refractivity contribution in [2.24, 2.45) is 5.16 Å². The summed E-state index contributed by atoms with van der Waals surface area (Å²) in [5.41, 5.74) is 3.58. The fraction of sp³-hybridized carbons (Fsp3) is 0.385. The Kier molecular flexibility index (Phi) is 6.40. The fourth-order valence-electron chi connectivity index (χ4n) is 4.86. The summed E-state index contributed by atoms with van der Waals surface area (Å²) in [7, 11) is 3.62. The molecule has 2 fully saturated rings. The van der Waals surface area contributed by atoms with Crippen molar-refractivity contribution >= 4 is 11.6 Å². The minimum Gasteiger partial charge on any atom is -0.399 e. The van der Waals surface area contributed by atoms with Gasteiger partial charge in [-0.2, -0.15) is 4.98 Å². The normalized spacial score (nSPS) is 22.3. The summed E-state index contributed by atoms with van der Waals surface area (Å²) in [4.78, 5) is 27.3. The lowest BCUT2D eigenvalue weighted by Crippen LogP contribution is -2.32. The maximum Gasteiger partial charge on any atom is 0.254 e. The monoisotopic (exact) mass is 459 g/mol. The number of hydrogen-bond acceptors (Lipinski definition) is 7. The average Bonchev–Trinajstić information content (AvgIpc) is 3.52. The van der Waals surface area contributed by atoms with Crippen LogP contribution in [0.1, 0.15) is 53.3 Å². The van der Waals surface area contributed by atoms with Crippen LogP contribution in [-0.2, 0) is 4.84 Å². The molecule has 2 aliphatic heterocycles. The van der Waals surface area contributed by atoms with Gasteiger partial charge in [-0.3, -0.25) is 4.79 Å². The molecule has 0 N–H and O–H groups in total. The van der Waals surface area contributed by atoms with Gasteiger partial charge < -0.3 is 19.2 Å². The molecule has 2 aliphatic rings. The minimum atomic E-state index is -0.339. The molecule has 2 saturated heterocycles. The number of oxime groups is 1. The molecule has 5 rings (SSSR count). The number of aromatic nitrogens is 2. The SMILES string of the molecule is CO/N=C1/C[C@@H](c2noc(C3CCCN(C)C3)n2)N(C(=O)c2ccc(-c3ccccc3)cc2)C1. The molecule has 34 heavy (non-hydrogen) atoms. The summed E-state index contributed by atoms with van der Waals surface area (Å²) in [6.07, 6.45) is 2.66. The molecule has 0 spiro atoms. The predicted octanol–water partition coefficient (Wildman–Crippen LogP) is 4.14. The van der Waals surface area contributed by atoms with E-state index in [1.807, 2.05) is 42.5 Å².